The van der Waals surface area contributed by atoms with E-state index < -0.39 is 0 Å². The number of thiophene rings is 1. The number of amides is 1. The van der Waals surface area contributed by atoms with Crippen molar-refractivity contribution in [3.63, 3.8) is 0 Å². The first-order valence-electron chi connectivity index (χ1n) is 6.54. The van der Waals surface area contributed by atoms with Gasteiger partial charge in [-0.2, -0.15) is 0 Å². The highest BCUT2D eigenvalue weighted by atomic mass is 32.1. The number of carbonyl (C=O) groups excluding carboxylic acids is 1. The third kappa shape index (κ3) is 2.10. The summed E-state index contributed by atoms with van der Waals surface area (Å²) < 4.78 is 15.1. The Labute approximate surface area is 132 Å². The predicted octanol–water partition coefficient (Wildman–Crippen LogP) is 4.31. The highest BCUT2D eigenvalue weighted by molar-refractivity contribution is 7.21. The Balaban J connectivity index is 1.68. The van der Waals surface area contributed by atoms with Gasteiger partial charge in [0.05, 0.1) is 10.4 Å². The van der Waals surface area contributed by atoms with Crippen LogP contribution < -0.4 is 5.32 Å². The summed E-state index contributed by atoms with van der Waals surface area (Å²) in [6.07, 6.45) is 1.94. The molecule has 0 aliphatic rings. The van der Waals surface area contributed by atoms with Gasteiger partial charge in [-0.1, -0.05) is 0 Å². The number of aryl methyl sites for hydroxylation is 1. The molecular weight excluding hydrogens is 321 g/mol. The molecule has 0 aliphatic heterocycles. The van der Waals surface area contributed by atoms with Gasteiger partial charge in [0.15, 0.2) is 4.96 Å². The number of nitrogens with zero attached hydrogens (tertiary/aromatic N) is 2. The van der Waals surface area contributed by atoms with Crippen molar-refractivity contribution in [2.45, 2.75) is 6.92 Å². The maximum absolute atomic E-state index is 13.1. The zero-order valence-electron chi connectivity index (χ0n) is 11.5. The number of imidazole rings is 1. The van der Waals surface area contributed by atoms with Crippen LogP contribution in [0.3, 0.4) is 0 Å². The summed E-state index contributed by atoms with van der Waals surface area (Å²) >= 11 is 2.91. The van der Waals surface area contributed by atoms with Gasteiger partial charge in [0.1, 0.15) is 10.6 Å². The molecule has 0 spiro atoms. The van der Waals surface area contributed by atoms with Gasteiger partial charge in [-0.15, -0.1) is 22.7 Å². The largest absolute Gasteiger partial charge is 0.321 e. The number of hydrogen-bond acceptors (Lipinski definition) is 4. The van der Waals surface area contributed by atoms with E-state index in [4.69, 9.17) is 0 Å². The molecule has 4 rings (SSSR count). The highest BCUT2D eigenvalue weighted by Gasteiger charge is 2.15. The average Bonchev–Trinajstić information content (AvgIpc) is 3.12. The van der Waals surface area contributed by atoms with Gasteiger partial charge in [0.25, 0.3) is 5.91 Å². The lowest BCUT2D eigenvalue weighted by Gasteiger charge is -2.06. The van der Waals surface area contributed by atoms with Crippen molar-refractivity contribution < 1.29 is 9.18 Å². The molecule has 1 amide bonds. The number of rotatable bonds is 2. The predicted molar refractivity (Wildman–Crippen MR) is 87.5 cm³/mol. The van der Waals surface area contributed by atoms with Gasteiger partial charge >= 0.3 is 0 Å². The van der Waals surface area contributed by atoms with E-state index in [0.717, 1.165) is 15.3 Å². The molecule has 110 valence electrons. The summed E-state index contributed by atoms with van der Waals surface area (Å²) in [4.78, 5) is 19.2. The van der Waals surface area contributed by atoms with Crippen molar-refractivity contribution >= 4 is 49.6 Å². The quantitative estimate of drug-likeness (QED) is 0.595. The van der Waals surface area contributed by atoms with Crippen LogP contribution in [0.5, 0.6) is 0 Å². The van der Waals surface area contributed by atoms with Crippen molar-refractivity contribution in [1.29, 1.82) is 0 Å². The van der Waals surface area contributed by atoms with Gasteiger partial charge in [0, 0.05) is 17.3 Å². The second-order valence-corrected chi connectivity index (χ2v) is 6.79. The zero-order valence-corrected chi connectivity index (χ0v) is 13.1. The Morgan fingerprint density at radius 1 is 1.36 bits per heavy atom. The first kappa shape index (κ1) is 13.4. The summed E-state index contributed by atoms with van der Waals surface area (Å²) in [6.45, 7) is 1.76. The SMILES string of the molecule is Cc1cc(F)ccc1NC(=O)c1cc2c(nc3sccn32)s1. The lowest BCUT2D eigenvalue weighted by Crippen LogP contribution is -2.11. The third-order valence-corrected chi connectivity index (χ3v) is 5.17. The van der Waals surface area contributed by atoms with Gasteiger partial charge < -0.3 is 5.32 Å². The van der Waals surface area contributed by atoms with Crippen LogP contribution in [0.2, 0.25) is 0 Å². The molecule has 3 aromatic heterocycles. The molecule has 22 heavy (non-hydrogen) atoms. The number of anilines is 1. The third-order valence-electron chi connectivity index (χ3n) is 3.40. The zero-order chi connectivity index (χ0) is 15.3. The molecule has 0 fully saturated rings. The number of halogens is 1. The fourth-order valence-electron chi connectivity index (χ4n) is 2.31. The van der Waals surface area contributed by atoms with Crippen molar-refractivity contribution in [3.05, 3.63) is 52.1 Å². The summed E-state index contributed by atoms with van der Waals surface area (Å²) in [7, 11) is 0. The monoisotopic (exact) mass is 331 g/mol. The Bertz CT molecular complexity index is 1010. The van der Waals surface area contributed by atoms with Crippen molar-refractivity contribution in [2.75, 3.05) is 5.32 Å². The molecule has 0 radical (unpaired) electrons. The van der Waals surface area contributed by atoms with Crippen LogP contribution in [0.1, 0.15) is 15.2 Å². The van der Waals surface area contributed by atoms with Crippen LogP contribution in [-0.2, 0) is 0 Å². The molecule has 0 saturated heterocycles. The molecule has 4 aromatic rings. The number of hydrogen-bond donors (Lipinski definition) is 1. The molecule has 0 aliphatic carbocycles. The maximum Gasteiger partial charge on any atom is 0.265 e. The van der Waals surface area contributed by atoms with E-state index >= 15 is 0 Å². The smallest absolute Gasteiger partial charge is 0.265 e. The Morgan fingerprint density at radius 3 is 3.05 bits per heavy atom. The standard InChI is InChI=1S/C15H10FN3OS2/c1-8-6-9(16)2-3-10(8)17-13(20)12-7-11-14(22-12)18-15-19(11)4-5-21-15/h2-7H,1H3,(H,17,20). The molecule has 3 heterocycles. The first-order chi connectivity index (χ1) is 10.6. The minimum absolute atomic E-state index is 0.207. The minimum atomic E-state index is -0.314. The summed E-state index contributed by atoms with van der Waals surface area (Å²) in [5.74, 6) is -0.521. The minimum Gasteiger partial charge on any atom is -0.321 e. The van der Waals surface area contributed by atoms with Crippen LogP contribution >= 0.6 is 22.7 Å². The topological polar surface area (TPSA) is 46.4 Å². The molecule has 1 aromatic carbocycles. The summed E-state index contributed by atoms with van der Waals surface area (Å²) in [5.41, 5.74) is 2.24. The first-order valence-corrected chi connectivity index (χ1v) is 8.24. The molecular formula is C15H10FN3OS2. The number of aromatic nitrogens is 2. The molecule has 0 atom stereocenters. The van der Waals surface area contributed by atoms with Gasteiger partial charge in [-0.25, -0.2) is 9.37 Å². The fourth-order valence-corrected chi connectivity index (χ4v) is 4.01. The van der Waals surface area contributed by atoms with E-state index in [2.05, 4.69) is 10.3 Å². The van der Waals surface area contributed by atoms with Crippen LogP contribution in [-0.4, -0.2) is 15.3 Å². The van der Waals surface area contributed by atoms with E-state index in [0.29, 0.717) is 16.1 Å². The van der Waals surface area contributed by atoms with Crippen LogP contribution in [0.25, 0.3) is 15.3 Å². The fraction of sp³-hybridized carbons (Fsp3) is 0.0667. The van der Waals surface area contributed by atoms with Crippen LogP contribution in [0.15, 0.2) is 35.8 Å². The Hall–Kier alpha value is -2.25. The molecule has 4 nitrogen and oxygen atoms in total. The molecule has 1 N–H and O–H groups in total. The molecule has 0 saturated carbocycles. The normalized spacial score (nSPS) is 11.4. The molecule has 7 heteroatoms. The van der Waals surface area contributed by atoms with Gasteiger partial charge in [-0.3, -0.25) is 9.20 Å². The molecule has 0 bridgehead atoms. The van der Waals surface area contributed by atoms with Crippen molar-refractivity contribution in [3.8, 4) is 0 Å². The van der Waals surface area contributed by atoms with Crippen molar-refractivity contribution in [2.24, 2.45) is 0 Å². The number of benzene rings is 1. The molecule has 0 unspecified atom stereocenters. The average molecular weight is 331 g/mol. The van der Waals surface area contributed by atoms with E-state index in [1.165, 1.54) is 23.5 Å². The van der Waals surface area contributed by atoms with E-state index in [9.17, 15) is 9.18 Å². The maximum atomic E-state index is 13.1. The Kier molecular flexibility index (Phi) is 2.98. The number of nitrogens with one attached hydrogen (secondary N) is 1. The lowest BCUT2D eigenvalue weighted by atomic mass is 10.2. The summed E-state index contributed by atoms with van der Waals surface area (Å²) in [5, 5.41) is 4.78. The Morgan fingerprint density at radius 2 is 2.23 bits per heavy atom. The van der Waals surface area contributed by atoms with Gasteiger partial charge in [0.2, 0.25) is 0 Å². The highest BCUT2D eigenvalue weighted by Crippen LogP contribution is 2.29. The lowest BCUT2D eigenvalue weighted by molar-refractivity contribution is 0.103. The van der Waals surface area contributed by atoms with E-state index in [1.54, 1.807) is 24.3 Å². The number of thiazole rings is 1. The van der Waals surface area contributed by atoms with Crippen LogP contribution in [0, 0.1) is 12.7 Å². The number of fused-ring (bicyclic) bond motifs is 3. The van der Waals surface area contributed by atoms with Crippen molar-refractivity contribution in [1.82, 2.24) is 9.38 Å². The van der Waals surface area contributed by atoms with Crippen LogP contribution in [0.4, 0.5) is 10.1 Å². The van der Waals surface area contributed by atoms with E-state index in [-0.39, 0.29) is 11.7 Å². The number of carbonyl (C=O) groups is 1. The van der Waals surface area contributed by atoms with Gasteiger partial charge in [-0.05, 0) is 36.8 Å². The second-order valence-electron chi connectivity index (χ2n) is 4.88. The summed E-state index contributed by atoms with van der Waals surface area (Å²) in [6, 6.07) is 6.13. The van der Waals surface area contributed by atoms with E-state index in [1.807, 2.05) is 22.0 Å². The second kappa shape index (κ2) is 4.89.